The molecule has 2 N–H and O–H groups in total. The molecule has 0 saturated carbocycles. The van der Waals surface area contributed by atoms with Crippen LogP contribution in [-0.2, 0) is 9.53 Å². The van der Waals surface area contributed by atoms with E-state index in [1.54, 1.807) is 0 Å². The van der Waals surface area contributed by atoms with E-state index < -0.39 is 6.10 Å². The maximum absolute atomic E-state index is 11.9. The summed E-state index contributed by atoms with van der Waals surface area (Å²) in [7, 11) is 0. The van der Waals surface area contributed by atoms with Gasteiger partial charge >= 0.3 is 0 Å². The molecule has 0 aromatic heterocycles. The van der Waals surface area contributed by atoms with Crippen molar-refractivity contribution in [2.24, 2.45) is 0 Å². The van der Waals surface area contributed by atoms with Crippen molar-refractivity contribution in [3.8, 4) is 0 Å². The van der Waals surface area contributed by atoms with Crippen molar-refractivity contribution in [1.29, 1.82) is 0 Å². The molecule has 0 aromatic carbocycles. The maximum Gasteiger partial charge on any atom is 0.222 e. The molecule has 1 unspecified atom stereocenters. The first kappa shape index (κ1) is 25.4. The number of carbonyl (C=O) groups is 1. The van der Waals surface area contributed by atoms with Gasteiger partial charge < -0.3 is 19.8 Å². The van der Waals surface area contributed by atoms with Gasteiger partial charge in [-0.15, -0.1) is 0 Å². The molecule has 5 nitrogen and oxygen atoms in total. The molecule has 1 amide bonds. The fourth-order valence-corrected chi connectivity index (χ4v) is 3.03. The van der Waals surface area contributed by atoms with Crippen LogP contribution in [0.3, 0.4) is 0 Å². The smallest absolute Gasteiger partial charge is 0.222 e. The van der Waals surface area contributed by atoms with Gasteiger partial charge in [-0.1, -0.05) is 71.6 Å². The number of carbonyl (C=O) groups excluding carboxylic acids is 1. The third-order valence-corrected chi connectivity index (χ3v) is 4.57. The third-order valence-electron chi connectivity index (χ3n) is 4.57. The van der Waals surface area contributed by atoms with Crippen molar-refractivity contribution in [2.75, 3.05) is 32.9 Å². The Labute approximate surface area is 161 Å². The second-order valence-corrected chi connectivity index (χ2v) is 7.22. The lowest BCUT2D eigenvalue weighted by Crippen LogP contribution is -2.40. The van der Waals surface area contributed by atoms with E-state index in [1.807, 2.05) is 6.92 Å². The van der Waals surface area contributed by atoms with Crippen molar-refractivity contribution >= 4 is 5.91 Å². The second kappa shape index (κ2) is 19.1. The molecule has 156 valence electrons. The number of aliphatic hydroxyl groups excluding tert-OH is 2. The van der Waals surface area contributed by atoms with Crippen LogP contribution in [0.5, 0.6) is 0 Å². The van der Waals surface area contributed by atoms with Gasteiger partial charge in [-0.05, 0) is 12.8 Å². The van der Waals surface area contributed by atoms with E-state index in [-0.39, 0.29) is 32.2 Å². The molecular formula is C21H43NO4. The molecule has 0 aliphatic heterocycles. The number of hydrogen-bond donors (Lipinski definition) is 2. The van der Waals surface area contributed by atoms with Gasteiger partial charge in [0.05, 0.1) is 19.3 Å². The van der Waals surface area contributed by atoms with Gasteiger partial charge in [0.25, 0.3) is 0 Å². The summed E-state index contributed by atoms with van der Waals surface area (Å²) in [6.07, 6.45) is 13.4. The van der Waals surface area contributed by atoms with Gasteiger partial charge in [0.2, 0.25) is 5.91 Å². The SMILES string of the molecule is CCCCCCCCCCCCOCC(O)CN(CCO)C(=O)CCC. The summed E-state index contributed by atoms with van der Waals surface area (Å²) in [5.74, 6) is -0.0182. The molecule has 0 aliphatic carbocycles. The Balaban J connectivity index is 3.54. The molecule has 5 heteroatoms. The first-order valence-corrected chi connectivity index (χ1v) is 10.8. The average molecular weight is 374 g/mol. The summed E-state index contributed by atoms with van der Waals surface area (Å²) >= 11 is 0. The zero-order chi connectivity index (χ0) is 19.5. The zero-order valence-electron chi connectivity index (χ0n) is 17.3. The van der Waals surface area contributed by atoms with E-state index >= 15 is 0 Å². The molecule has 0 rings (SSSR count). The average Bonchev–Trinajstić information content (AvgIpc) is 2.62. The second-order valence-electron chi connectivity index (χ2n) is 7.22. The van der Waals surface area contributed by atoms with Gasteiger partial charge in [-0.25, -0.2) is 0 Å². The fourth-order valence-electron chi connectivity index (χ4n) is 3.03. The lowest BCUT2D eigenvalue weighted by molar-refractivity contribution is -0.133. The van der Waals surface area contributed by atoms with Crippen LogP contribution in [0.15, 0.2) is 0 Å². The van der Waals surface area contributed by atoms with Crippen molar-refractivity contribution in [3.05, 3.63) is 0 Å². The van der Waals surface area contributed by atoms with E-state index in [0.29, 0.717) is 13.0 Å². The van der Waals surface area contributed by atoms with Gasteiger partial charge in [-0.2, -0.15) is 0 Å². The summed E-state index contributed by atoms with van der Waals surface area (Å²) in [6.45, 7) is 5.53. The lowest BCUT2D eigenvalue weighted by Gasteiger charge is -2.24. The first-order valence-electron chi connectivity index (χ1n) is 10.8. The number of ether oxygens (including phenoxy) is 1. The Morgan fingerprint density at radius 3 is 2.04 bits per heavy atom. The Bertz CT molecular complexity index is 312. The van der Waals surface area contributed by atoms with Crippen LogP contribution in [-0.4, -0.2) is 60.0 Å². The minimum absolute atomic E-state index is 0.0182. The van der Waals surface area contributed by atoms with Gasteiger partial charge in [0.15, 0.2) is 0 Å². The van der Waals surface area contributed by atoms with Crippen molar-refractivity contribution < 1.29 is 19.7 Å². The summed E-state index contributed by atoms with van der Waals surface area (Å²) in [4.78, 5) is 13.4. The highest BCUT2D eigenvalue weighted by Gasteiger charge is 2.16. The molecule has 0 aromatic rings. The van der Waals surface area contributed by atoms with Gasteiger partial charge in [-0.3, -0.25) is 4.79 Å². The molecular weight excluding hydrogens is 330 g/mol. The first-order chi connectivity index (χ1) is 12.7. The summed E-state index contributed by atoms with van der Waals surface area (Å²) < 4.78 is 5.54. The molecule has 0 spiro atoms. The molecule has 26 heavy (non-hydrogen) atoms. The molecule has 0 fully saturated rings. The lowest BCUT2D eigenvalue weighted by atomic mass is 10.1. The Morgan fingerprint density at radius 1 is 0.923 bits per heavy atom. The van der Waals surface area contributed by atoms with E-state index in [9.17, 15) is 9.90 Å². The van der Waals surface area contributed by atoms with Crippen LogP contribution in [0.2, 0.25) is 0 Å². The zero-order valence-corrected chi connectivity index (χ0v) is 17.3. The van der Waals surface area contributed by atoms with E-state index in [1.165, 1.54) is 62.7 Å². The van der Waals surface area contributed by atoms with Crippen LogP contribution in [0.1, 0.15) is 90.9 Å². The topological polar surface area (TPSA) is 70.0 Å². The molecule has 0 aliphatic rings. The molecule has 0 saturated heterocycles. The van der Waals surface area contributed by atoms with Crippen LogP contribution in [0.4, 0.5) is 0 Å². The monoisotopic (exact) mass is 373 g/mol. The van der Waals surface area contributed by atoms with E-state index in [0.717, 1.165) is 12.8 Å². The summed E-state index contributed by atoms with van der Waals surface area (Å²) in [6, 6.07) is 0. The minimum Gasteiger partial charge on any atom is -0.395 e. The highest BCUT2D eigenvalue weighted by molar-refractivity contribution is 5.76. The number of nitrogens with zero attached hydrogens (tertiary/aromatic N) is 1. The predicted octanol–water partition coefficient (Wildman–Crippen LogP) is 3.91. The van der Waals surface area contributed by atoms with Gasteiger partial charge in [0.1, 0.15) is 0 Å². The highest BCUT2D eigenvalue weighted by Crippen LogP contribution is 2.10. The number of rotatable bonds is 19. The van der Waals surface area contributed by atoms with E-state index in [2.05, 4.69) is 6.92 Å². The van der Waals surface area contributed by atoms with Crippen LogP contribution < -0.4 is 0 Å². The Kier molecular flexibility index (Phi) is 18.6. The molecule has 1 atom stereocenters. The van der Waals surface area contributed by atoms with Crippen LogP contribution in [0.25, 0.3) is 0 Å². The summed E-state index contributed by atoms with van der Waals surface area (Å²) in [5, 5.41) is 19.1. The normalized spacial score (nSPS) is 12.3. The highest BCUT2D eigenvalue weighted by atomic mass is 16.5. The fraction of sp³-hybridized carbons (Fsp3) is 0.952. The van der Waals surface area contributed by atoms with Crippen LogP contribution in [0, 0.1) is 0 Å². The maximum atomic E-state index is 11.9. The number of aliphatic hydroxyl groups is 2. The Morgan fingerprint density at radius 2 is 1.50 bits per heavy atom. The van der Waals surface area contributed by atoms with Crippen molar-refractivity contribution in [3.63, 3.8) is 0 Å². The van der Waals surface area contributed by atoms with Crippen LogP contribution >= 0.6 is 0 Å². The van der Waals surface area contributed by atoms with Gasteiger partial charge in [0, 0.05) is 26.1 Å². The number of hydrogen-bond acceptors (Lipinski definition) is 4. The Hall–Kier alpha value is -0.650. The van der Waals surface area contributed by atoms with Crippen molar-refractivity contribution in [1.82, 2.24) is 4.90 Å². The quantitative estimate of drug-likeness (QED) is 0.337. The van der Waals surface area contributed by atoms with E-state index in [4.69, 9.17) is 9.84 Å². The molecule has 0 radical (unpaired) electrons. The molecule has 0 bridgehead atoms. The van der Waals surface area contributed by atoms with Crippen molar-refractivity contribution in [2.45, 2.75) is 97.0 Å². The molecule has 0 heterocycles. The standard InChI is InChI=1S/C21H43NO4/c1-3-5-6-7-8-9-10-11-12-13-17-26-19-20(24)18-22(15-16-23)21(25)14-4-2/h20,23-24H,3-19H2,1-2H3. The number of unbranched alkanes of at least 4 members (excludes halogenated alkanes) is 9. The number of amides is 1. The largest absolute Gasteiger partial charge is 0.395 e. The predicted molar refractivity (Wildman–Crippen MR) is 107 cm³/mol. The minimum atomic E-state index is -0.689. The summed E-state index contributed by atoms with van der Waals surface area (Å²) in [5.41, 5.74) is 0. The third kappa shape index (κ3) is 15.6.